The summed E-state index contributed by atoms with van der Waals surface area (Å²) in [4.78, 5) is 8.26. The van der Waals surface area contributed by atoms with Gasteiger partial charge in [-0.15, -0.1) is 37.2 Å². The molecule has 2 N–H and O–H groups in total. The number of anilines is 1. The first kappa shape index (κ1) is 32.1. The summed E-state index contributed by atoms with van der Waals surface area (Å²) in [5.41, 5.74) is 0.709. The molecule has 0 aromatic carbocycles. The van der Waals surface area contributed by atoms with E-state index in [0.717, 1.165) is 54.7 Å². The first-order chi connectivity index (χ1) is 16.8. The highest BCUT2D eigenvalue weighted by Crippen LogP contribution is 2.38. The molecular weight excluding hydrogens is 571 g/mol. The highest BCUT2D eigenvalue weighted by molar-refractivity contribution is 5.86. The van der Waals surface area contributed by atoms with Gasteiger partial charge < -0.3 is 15.4 Å². The number of nitrogens with one attached hydrogen (secondary N) is 2. The molecule has 2 fully saturated rings. The molecule has 0 bridgehead atoms. The molecule has 2 aliphatic rings. The topological polar surface area (TPSA) is 76.9 Å². The van der Waals surface area contributed by atoms with Crippen molar-refractivity contribution in [3.63, 3.8) is 0 Å². The fourth-order valence-corrected chi connectivity index (χ4v) is 5.09. The molecule has 212 valence electrons. The summed E-state index contributed by atoms with van der Waals surface area (Å²) in [5.74, 6) is -0.927. The van der Waals surface area contributed by atoms with Crippen LogP contribution in [0.3, 0.4) is 0 Å². The second-order valence-corrected chi connectivity index (χ2v) is 9.16. The largest absolute Gasteiger partial charge is 0.472 e. The van der Waals surface area contributed by atoms with Crippen molar-refractivity contribution in [2.24, 2.45) is 0 Å². The predicted octanol–water partition coefficient (Wildman–Crippen LogP) is 6.32. The third-order valence-electron chi connectivity index (χ3n) is 6.86. The van der Waals surface area contributed by atoms with Crippen LogP contribution in [-0.4, -0.2) is 45.5 Å². The van der Waals surface area contributed by atoms with E-state index in [1.165, 1.54) is 0 Å². The lowest BCUT2D eigenvalue weighted by Gasteiger charge is -2.29. The zero-order valence-electron chi connectivity index (χ0n) is 20.6. The molecule has 38 heavy (non-hydrogen) atoms. The summed E-state index contributed by atoms with van der Waals surface area (Å²) in [6, 6.07) is 2.76. The maximum Gasteiger partial charge on any atom is 0.419 e. The number of rotatable bonds is 6. The Bertz CT molecular complexity index is 1200. The van der Waals surface area contributed by atoms with Gasteiger partial charge in [0.1, 0.15) is 11.9 Å². The van der Waals surface area contributed by atoms with Crippen LogP contribution in [0.5, 0.6) is 5.88 Å². The van der Waals surface area contributed by atoms with Crippen molar-refractivity contribution < 1.29 is 22.3 Å². The molecule has 1 aliphatic heterocycles. The lowest BCUT2D eigenvalue weighted by molar-refractivity contribution is -0.140. The number of ether oxygens (including phenoxy) is 1. The van der Waals surface area contributed by atoms with Crippen LogP contribution in [0.25, 0.3) is 10.9 Å². The minimum atomic E-state index is -4.79. The fourth-order valence-electron chi connectivity index (χ4n) is 5.09. The monoisotopic (exact) mass is 600 g/mol. The molecule has 1 saturated heterocycles. The molecule has 4 heterocycles. The van der Waals surface area contributed by atoms with E-state index in [1.807, 2.05) is 19.2 Å². The van der Waals surface area contributed by atoms with Crippen LogP contribution in [0.4, 0.5) is 23.4 Å². The van der Waals surface area contributed by atoms with E-state index in [2.05, 4.69) is 25.3 Å². The molecule has 1 atom stereocenters. The van der Waals surface area contributed by atoms with Crippen molar-refractivity contribution in [3.8, 4) is 5.88 Å². The number of pyridine rings is 2. The van der Waals surface area contributed by atoms with Crippen molar-refractivity contribution in [1.29, 1.82) is 0 Å². The van der Waals surface area contributed by atoms with Gasteiger partial charge in [-0.3, -0.25) is 4.68 Å². The average Bonchev–Trinajstić information content (AvgIpc) is 3.48. The Labute approximate surface area is 236 Å². The number of nitrogens with zero attached hydrogens (tertiary/aromatic N) is 4. The van der Waals surface area contributed by atoms with Gasteiger partial charge in [0.2, 0.25) is 0 Å². The zero-order chi connectivity index (χ0) is 24.6. The Morgan fingerprint density at radius 1 is 1.11 bits per heavy atom. The van der Waals surface area contributed by atoms with E-state index in [0.29, 0.717) is 37.7 Å². The second-order valence-electron chi connectivity index (χ2n) is 9.16. The van der Waals surface area contributed by atoms with Gasteiger partial charge in [-0.05, 0) is 51.6 Å². The average molecular weight is 602 g/mol. The SMILES string of the molecule is CCNc1cc2c(cn1)c(C1CCNC1)nn2C1CCC(Oc2nccc(C(F)(F)F)c2F)CC1.Cl.Cl.Cl. The van der Waals surface area contributed by atoms with Crippen LogP contribution < -0.4 is 15.4 Å². The molecule has 1 aliphatic carbocycles. The summed E-state index contributed by atoms with van der Waals surface area (Å²) in [6.07, 6.45) is 1.19. The molecule has 0 radical (unpaired) electrons. The van der Waals surface area contributed by atoms with E-state index in [1.54, 1.807) is 0 Å². The first-order valence-electron chi connectivity index (χ1n) is 12.1. The minimum Gasteiger partial charge on any atom is -0.472 e. The van der Waals surface area contributed by atoms with Crippen LogP contribution in [0.15, 0.2) is 24.5 Å². The van der Waals surface area contributed by atoms with E-state index in [-0.39, 0.29) is 43.3 Å². The molecule has 7 nitrogen and oxygen atoms in total. The van der Waals surface area contributed by atoms with Crippen molar-refractivity contribution in [1.82, 2.24) is 25.1 Å². The molecule has 0 spiro atoms. The molecule has 1 saturated carbocycles. The van der Waals surface area contributed by atoms with Gasteiger partial charge in [-0.2, -0.15) is 18.3 Å². The fraction of sp³-hybridized carbons (Fsp3) is 0.542. The van der Waals surface area contributed by atoms with Crippen LogP contribution >= 0.6 is 37.2 Å². The normalized spacial score (nSPS) is 21.2. The lowest BCUT2D eigenvalue weighted by Crippen LogP contribution is -2.27. The van der Waals surface area contributed by atoms with Crippen molar-refractivity contribution in [2.45, 2.75) is 63.3 Å². The van der Waals surface area contributed by atoms with Gasteiger partial charge in [0.15, 0.2) is 5.82 Å². The quantitative estimate of drug-likeness (QED) is 0.322. The van der Waals surface area contributed by atoms with Gasteiger partial charge in [-0.1, -0.05) is 0 Å². The van der Waals surface area contributed by atoms with Crippen LogP contribution in [0, 0.1) is 5.82 Å². The van der Waals surface area contributed by atoms with Crippen molar-refractivity contribution >= 4 is 53.9 Å². The maximum atomic E-state index is 14.4. The van der Waals surface area contributed by atoms with Crippen molar-refractivity contribution in [2.75, 3.05) is 25.0 Å². The Morgan fingerprint density at radius 3 is 2.47 bits per heavy atom. The van der Waals surface area contributed by atoms with E-state index in [9.17, 15) is 17.6 Å². The highest BCUT2D eigenvalue weighted by Gasteiger charge is 2.37. The maximum absolute atomic E-state index is 14.4. The third-order valence-corrected chi connectivity index (χ3v) is 6.86. The third kappa shape index (κ3) is 6.55. The zero-order valence-corrected chi connectivity index (χ0v) is 23.1. The molecule has 1 unspecified atom stereocenters. The Kier molecular flexibility index (Phi) is 11.3. The summed E-state index contributed by atoms with van der Waals surface area (Å²) in [7, 11) is 0. The summed E-state index contributed by atoms with van der Waals surface area (Å²) < 4.78 is 61.1. The number of halogens is 7. The van der Waals surface area contributed by atoms with Crippen LogP contribution in [-0.2, 0) is 6.18 Å². The minimum absolute atomic E-state index is 0. The molecular formula is C24H31Cl3F4N6O. The second kappa shape index (κ2) is 13.3. The molecule has 3 aromatic rings. The Balaban J connectivity index is 0.00000169. The Morgan fingerprint density at radius 2 is 1.84 bits per heavy atom. The summed E-state index contributed by atoms with van der Waals surface area (Å²) >= 11 is 0. The van der Waals surface area contributed by atoms with Crippen LogP contribution in [0.1, 0.15) is 62.2 Å². The van der Waals surface area contributed by atoms with Gasteiger partial charge in [-0.25, -0.2) is 14.4 Å². The number of aromatic nitrogens is 4. The Hall–Kier alpha value is -2.08. The number of hydrogen-bond donors (Lipinski definition) is 2. The molecule has 14 heteroatoms. The number of alkyl halides is 3. The number of fused-ring (bicyclic) bond motifs is 1. The molecule has 0 amide bonds. The first-order valence-corrected chi connectivity index (χ1v) is 12.1. The van der Waals surface area contributed by atoms with Gasteiger partial charge >= 0.3 is 6.18 Å². The summed E-state index contributed by atoms with van der Waals surface area (Å²) in [6.45, 7) is 4.62. The van der Waals surface area contributed by atoms with E-state index in [4.69, 9.17) is 9.84 Å². The van der Waals surface area contributed by atoms with Crippen molar-refractivity contribution in [3.05, 3.63) is 41.6 Å². The highest BCUT2D eigenvalue weighted by atomic mass is 35.5. The predicted molar refractivity (Wildman–Crippen MR) is 145 cm³/mol. The van der Waals surface area contributed by atoms with E-state index >= 15 is 0 Å². The smallest absolute Gasteiger partial charge is 0.419 e. The number of hydrogen-bond acceptors (Lipinski definition) is 6. The van der Waals surface area contributed by atoms with Crippen LogP contribution in [0.2, 0.25) is 0 Å². The summed E-state index contributed by atoms with van der Waals surface area (Å²) in [5, 5.41) is 12.7. The van der Waals surface area contributed by atoms with Gasteiger partial charge in [0, 0.05) is 42.9 Å². The van der Waals surface area contributed by atoms with E-state index < -0.39 is 29.5 Å². The molecule has 5 rings (SSSR count). The molecule has 3 aromatic heterocycles. The van der Waals surface area contributed by atoms with Gasteiger partial charge in [0.25, 0.3) is 5.88 Å². The standard InChI is InChI=1S/C24H28F4N6O.3ClH/c1-2-30-20-11-19-17(13-32-20)22(14-7-9-29-12-14)33-34(19)15-3-5-16(6-4-15)35-23-21(25)18(8-10-31-23)24(26,27)28;;;/h8,10-11,13-16,29H,2-7,9,12H2,1H3,(H,30,32);3*1H. The lowest BCUT2D eigenvalue weighted by atomic mass is 9.93. The van der Waals surface area contributed by atoms with Gasteiger partial charge in [0.05, 0.1) is 22.8 Å².